The largest absolute Gasteiger partial charge is 0.358 e. The number of para-hydroxylation sites is 1. The van der Waals surface area contributed by atoms with Crippen molar-refractivity contribution in [2.24, 2.45) is 0 Å². The summed E-state index contributed by atoms with van der Waals surface area (Å²) < 4.78 is 0. The van der Waals surface area contributed by atoms with Gasteiger partial charge in [0.2, 0.25) is 0 Å². The Morgan fingerprint density at radius 2 is 1.85 bits per heavy atom. The molecular formula is C23H26N2S. The number of thioether (sulfide) groups is 1. The molecular weight excluding hydrogens is 336 g/mol. The van der Waals surface area contributed by atoms with Crippen molar-refractivity contribution in [3.8, 4) is 0 Å². The minimum atomic E-state index is 0.590. The minimum absolute atomic E-state index is 0.590. The fourth-order valence-electron chi connectivity index (χ4n) is 3.78. The highest BCUT2D eigenvalue weighted by Crippen LogP contribution is 2.28. The standard InChI is InChI=1S/C23H26N2S/c1-17-22(21-9-5-6-10-23(21)25-17)16-26-14-12-20-15-19(11-13-24-20)18-7-3-2-4-8-18/h2-11,20,24-25H,12-16H2,1H3. The van der Waals surface area contributed by atoms with Crippen LogP contribution in [-0.4, -0.2) is 23.3 Å². The molecule has 0 fully saturated rings. The summed E-state index contributed by atoms with van der Waals surface area (Å²) in [5.41, 5.74) is 6.90. The zero-order chi connectivity index (χ0) is 17.8. The Morgan fingerprint density at radius 3 is 2.73 bits per heavy atom. The van der Waals surface area contributed by atoms with Crippen molar-refractivity contribution < 1.29 is 0 Å². The second-order valence-electron chi connectivity index (χ2n) is 7.02. The summed E-state index contributed by atoms with van der Waals surface area (Å²) >= 11 is 2.05. The highest BCUT2D eigenvalue weighted by Gasteiger charge is 2.16. The average molecular weight is 363 g/mol. The Hall–Kier alpha value is -1.97. The van der Waals surface area contributed by atoms with Crippen LogP contribution in [0.15, 0.2) is 60.7 Å². The number of nitrogens with one attached hydrogen (secondary N) is 2. The van der Waals surface area contributed by atoms with Crippen molar-refractivity contribution in [1.82, 2.24) is 10.3 Å². The van der Waals surface area contributed by atoms with Crippen molar-refractivity contribution in [3.63, 3.8) is 0 Å². The topological polar surface area (TPSA) is 27.8 Å². The Balaban J connectivity index is 1.30. The summed E-state index contributed by atoms with van der Waals surface area (Å²) in [6.45, 7) is 3.18. The van der Waals surface area contributed by atoms with Gasteiger partial charge in [-0.3, -0.25) is 0 Å². The third kappa shape index (κ3) is 3.89. The molecule has 0 saturated carbocycles. The molecule has 0 bridgehead atoms. The molecule has 0 spiro atoms. The Bertz CT molecular complexity index is 895. The highest BCUT2D eigenvalue weighted by molar-refractivity contribution is 7.98. The maximum atomic E-state index is 3.66. The second-order valence-corrected chi connectivity index (χ2v) is 8.13. The van der Waals surface area contributed by atoms with Gasteiger partial charge in [0.15, 0.2) is 0 Å². The molecule has 4 rings (SSSR count). The molecule has 2 nitrogen and oxygen atoms in total. The Labute approximate surface area is 160 Å². The number of aromatic nitrogens is 1. The highest BCUT2D eigenvalue weighted by atomic mass is 32.2. The lowest BCUT2D eigenvalue weighted by molar-refractivity contribution is 0.525. The van der Waals surface area contributed by atoms with Gasteiger partial charge in [0.05, 0.1) is 0 Å². The third-order valence-electron chi connectivity index (χ3n) is 5.25. The minimum Gasteiger partial charge on any atom is -0.358 e. The SMILES string of the molecule is Cc1[nH]c2ccccc2c1CSCCC1CC(c2ccccc2)=CCN1. The zero-order valence-corrected chi connectivity index (χ0v) is 16.1. The molecule has 134 valence electrons. The molecule has 1 aliphatic heterocycles. The maximum Gasteiger partial charge on any atom is 0.0459 e. The fraction of sp³-hybridized carbons (Fsp3) is 0.304. The summed E-state index contributed by atoms with van der Waals surface area (Å²) in [7, 11) is 0. The molecule has 2 heterocycles. The number of rotatable bonds is 6. The van der Waals surface area contributed by atoms with Gasteiger partial charge in [-0.15, -0.1) is 0 Å². The van der Waals surface area contributed by atoms with Crippen LogP contribution in [0.3, 0.4) is 0 Å². The van der Waals surface area contributed by atoms with Crippen LogP contribution < -0.4 is 5.32 Å². The lowest BCUT2D eigenvalue weighted by atomic mass is 9.94. The van der Waals surface area contributed by atoms with Gasteiger partial charge in [-0.1, -0.05) is 54.6 Å². The van der Waals surface area contributed by atoms with E-state index in [4.69, 9.17) is 0 Å². The molecule has 0 saturated heterocycles. The first-order valence-electron chi connectivity index (χ1n) is 9.43. The van der Waals surface area contributed by atoms with Gasteiger partial charge in [0.25, 0.3) is 0 Å². The average Bonchev–Trinajstić information content (AvgIpc) is 3.01. The summed E-state index contributed by atoms with van der Waals surface area (Å²) in [5, 5.41) is 5.04. The van der Waals surface area contributed by atoms with Crippen LogP contribution in [0.2, 0.25) is 0 Å². The molecule has 2 aromatic carbocycles. The van der Waals surface area contributed by atoms with Crippen molar-refractivity contribution in [2.45, 2.75) is 31.6 Å². The van der Waals surface area contributed by atoms with Crippen LogP contribution in [0.4, 0.5) is 0 Å². The molecule has 0 amide bonds. The predicted octanol–water partition coefficient (Wildman–Crippen LogP) is 5.55. The molecule has 2 N–H and O–H groups in total. The molecule has 1 atom stereocenters. The zero-order valence-electron chi connectivity index (χ0n) is 15.3. The molecule has 3 aromatic rings. The van der Waals surface area contributed by atoms with E-state index in [0.717, 1.165) is 18.7 Å². The summed E-state index contributed by atoms with van der Waals surface area (Å²) in [6, 6.07) is 20.0. The summed E-state index contributed by atoms with van der Waals surface area (Å²) in [4.78, 5) is 3.51. The molecule has 1 aromatic heterocycles. The van der Waals surface area contributed by atoms with E-state index < -0.39 is 0 Å². The number of hydrogen-bond acceptors (Lipinski definition) is 2. The van der Waals surface area contributed by atoms with Crippen molar-refractivity contribution >= 4 is 28.2 Å². The van der Waals surface area contributed by atoms with Crippen LogP contribution >= 0.6 is 11.8 Å². The van der Waals surface area contributed by atoms with E-state index in [2.05, 4.69) is 89.7 Å². The normalized spacial score (nSPS) is 17.4. The number of aromatic amines is 1. The first-order valence-corrected chi connectivity index (χ1v) is 10.6. The van der Waals surface area contributed by atoms with Crippen LogP contribution in [0.1, 0.15) is 29.7 Å². The third-order valence-corrected chi connectivity index (χ3v) is 6.27. The molecule has 0 aliphatic carbocycles. The van der Waals surface area contributed by atoms with Gasteiger partial charge < -0.3 is 10.3 Å². The van der Waals surface area contributed by atoms with E-state index in [1.807, 2.05) is 0 Å². The van der Waals surface area contributed by atoms with Crippen molar-refractivity contribution in [1.29, 1.82) is 0 Å². The van der Waals surface area contributed by atoms with Crippen LogP contribution in [0, 0.1) is 6.92 Å². The number of fused-ring (bicyclic) bond motifs is 1. The monoisotopic (exact) mass is 362 g/mol. The number of aryl methyl sites for hydroxylation is 1. The quantitative estimate of drug-likeness (QED) is 0.563. The molecule has 3 heteroatoms. The maximum absolute atomic E-state index is 3.66. The van der Waals surface area contributed by atoms with Gasteiger partial charge in [-0.05, 0) is 48.3 Å². The van der Waals surface area contributed by atoms with Crippen molar-refractivity contribution in [3.05, 3.63) is 77.5 Å². The van der Waals surface area contributed by atoms with Gasteiger partial charge >= 0.3 is 0 Å². The molecule has 1 aliphatic rings. The van der Waals surface area contributed by atoms with Gasteiger partial charge in [0.1, 0.15) is 0 Å². The number of hydrogen-bond donors (Lipinski definition) is 2. The van der Waals surface area contributed by atoms with E-state index in [1.54, 1.807) is 0 Å². The number of benzene rings is 2. The van der Waals surface area contributed by atoms with E-state index in [9.17, 15) is 0 Å². The van der Waals surface area contributed by atoms with Crippen LogP contribution in [-0.2, 0) is 5.75 Å². The molecule has 26 heavy (non-hydrogen) atoms. The molecule has 0 radical (unpaired) electrons. The fourth-order valence-corrected chi connectivity index (χ4v) is 4.95. The second kappa shape index (κ2) is 8.15. The first kappa shape index (κ1) is 17.4. The Morgan fingerprint density at radius 1 is 1.04 bits per heavy atom. The van der Waals surface area contributed by atoms with Gasteiger partial charge in [-0.2, -0.15) is 11.8 Å². The lowest BCUT2D eigenvalue weighted by Gasteiger charge is -2.24. The lowest BCUT2D eigenvalue weighted by Crippen LogP contribution is -2.33. The molecule has 1 unspecified atom stereocenters. The predicted molar refractivity (Wildman–Crippen MR) is 115 cm³/mol. The van der Waals surface area contributed by atoms with E-state index in [1.165, 1.54) is 45.5 Å². The number of H-pyrrole nitrogens is 1. The smallest absolute Gasteiger partial charge is 0.0459 e. The van der Waals surface area contributed by atoms with Crippen LogP contribution in [0.5, 0.6) is 0 Å². The first-order chi connectivity index (χ1) is 12.8. The van der Waals surface area contributed by atoms with E-state index in [-0.39, 0.29) is 0 Å². The van der Waals surface area contributed by atoms with Crippen LogP contribution in [0.25, 0.3) is 16.5 Å². The van der Waals surface area contributed by atoms with E-state index >= 15 is 0 Å². The van der Waals surface area contributed by atoms with E-state index in [0.29, 0.717) is 6.04 Å². The van der Waals surface area contributed by atoms with Crippen molar-refractivity contribution in [2.75, 3.05) is 12.3 Å². The summed E-state index contributed by atoms with van der Waals surface area (Å²) in [6.07, 6.45) is 4.70. The Kier molecular flexibility index (Phi) is 5.47. The summed E-state index contributed by atoms with van der Waals surface area (Å²) in [5.74, 6) is 2.28. The van der Waals surface area contributed by atoms with Gasteiger partial charge in [0, 0.05) is 34.9 Å². The van der Waals surface area contributed by atoms with Gasteiger partial charge in [-0.25, -0.2) is 0 Å².